The van der Waals surface area contributed by atoms with E-state index in [1.54, 1.807) is 24.3 Å². The Balaban J connectivity index is 1.99. The topological polar surface area (TPSA) is 55.2 Å². The molecule has 2 aromatic rings. The van der Waals surface area contributed by atoms with Crippen molar-refractivity contribution in [3.8, 4) is 0 Å². The summed E-state index contributed by atoms with van der Waals surface area (Å²) in [5, 5.41) is 14.8. The van der Waals surface area contributed by atoms with Crippen molar-refractivity contribution in [1.82, 2.24) is 0 Å². The van der Waals surface area contributed by atoms with Gasteiger partial charge in [-0.3, -0.25) is 10.1 Å². The number of hydrogen-bond acceptors (Lipinski definition) is 3. The summed E-state index contributed by atoms with van der Waals surface area (Å²) < 4.78 is 0.815. The zero-order valence-corrected chi connectivity index (χ0v) is 12.8. The number of hydrogen-bond donors (Lipinski definition) is 1. The Morgan fingerprint density at radius 3 is 2.70 bits per heavy atom. The molecule has 6 heteroatoms. The van der Waals surface area contributed by atoms with E-state index in [1.807, 2.05) is 12.1 Å². The predicted octanol–water partition coefficient (Wildman–Crippen LogP) is 4.67. The molecular weight excluding hydrogens is 344 g/mol. The number of halogens is 2. The van der Waals surface area contributed by atoms with Crippen molar-refractivity contribution >= 4 is 38.9 Å². The molecule has 20 heavy (non-hydrogen) atoms. The van der Waals surface area contributed by atoms with Crippen molar-refractivity contribution in [1.29, 1.82) is 0 Å². The second-order valence-corrected chi connectivity index (χ2v) is 5.45. The minimum atomic E-state index is -0.353. The Labute approximate surface area is 130 Å². The largest absolute Gasteiger partial charge is 0.385 e. The fourth-order valence-electron chi connectivity index (χ4n) is 1.85. The molecule has 4 nitrogen and oxygen atoms in total. The smallest absolute Gasteiger partial charge is 0.272 e. The lowest BCUT2D eigenvalue weighted by Gasteiger charge is -2.08. The molecule has 0 radical (unpaired) electrons. The molecule has 1 N–H and O–H groups in total. The van der Waals surface area contributed by atoms with Gasteiger partial charge >= 0.3 is 0 Å². The highest BCUT2D eigenvalue weighted by Crippen LogP contribution is 2.25. The summed E-state index contributed by atoms with van der Waals surface area (Å²) in [5.41, 5.74) is 1.80. The Morgan fingerprint density at radius 1 is 1.25 bits per heavy atom. The van der Waals surface area contributed by atoms with Gasteiger partial charge in [0.15, 0.2) is 0 Å². The van der Waals surface area contributed by atoms with Crippen molar-refractivity contribution < 1.29 is 4.92 Å². The minimum Gasteiger partial charge on any atom is -0.385 e. The van der Waals surface area contributed by atoms with E-state index in [-0.39, 0.29) is 10.6 Å². The number of nitro groups is 1. The van der Waals surface area contributed by atoms with Gasteiger partial charge in [-0.1, -0.05) is 29.8 Å². The van der Waals surface area contributed by atoms with Gasteiger partial charge in [0.1, 0.15) is 0 Å². The van der Waals surface area contributed by atoms with E-state index in [0.29, 0.717) is 18.0 Å². The molecule has 0 atom stereocenters. The summed E-state index contributed by atoms with van der Waals surface area (Å²) in [6.07, 6.45) is 0.581. The van der Waals surface area contributed by atoms with Crippen LogP contribution in [0.25, 0.3) is 0 Å². The number of nitrogens with one attached hydrogen (secondary N) is 1. The van der Waals surface area contributed by atoms with Gasteiger partial charge in [0.05, 0.1) is 9.95 Å². The Kier molecular flexibility index (Phi) is 4.98. The number of rotatable bonds is 5. The molecule has 0 saturated heterocycles. The van der Waals surface area contributed by atoms with Crippen LogP contribution in [-0.4, -0.2) is 11.5 Å². The van der Waals surface area contributed by atoms with Crippen LogP contribution in [0.3, 0.4) is 0 Å². The summed E-state index contributed by atoms with van der Waals surface area (Å²) in [7, 11) is 0. The molecule has 0 aliphatic rings. The molecule has 104 valence electrons. The Bertz CT molecular complexity index is 634. The van der Waals surface area contributed by atoms with Crippen LogP contribution >= 0.6 is 27.5 Å². The number of nitrogens with zero attached hydrogens (tertiary/aromatic N) is 1. The zero-order valence-electron chi connectivity index (χ0n) is 10.5. The van der Waals surface area contributed by atoms with E-state index < -0.39 is 0 Å². The summed E-state index contributed by atoms with van der Waals surface area (Å²) >= 11 is 9.27. The molecule has 2 rings (SSSR count). The third-order valence-electron chi connectivity index (χ3n) is 2.83. The van der Waals surface area contributed by atoms with Crippen LogP contribution in [0.1, 0.15) is 5.56 Å². The molecule has 0 bridgehead atoms. The second kappa shape index (κ2) is 6.72. The number of nitro benzene ring substituents is 1. The summed E-state index contributed by atoms with van der Waals surface area (Å²) in [5.74, 6) is 0. The van der Waals surface area contributed by atoms with Crippen molar-refractivity contribution in [2.75, 3.05) is 11.9 Å². The first-order valence-corrected chi connectivity index (χ1v) is 7.16. The van der Waals surface area contributed by atoms with E-state index in [1.165, 1.54) is 6.07 Å². The lowest BCUT2D eigenvalue weighted by Crippen LogP contribution is -2.06. The highest BCUT2D eigenvalue weighted by atomic mass is 79.9. The standard InChI is InChI=1S/C14H12BrClN2O2/c15-12-9-11(5-6-13(12)16)17-8-7-10-3-1-2-4-14(10)18(19)20/h1-6,9,17H,7-8H2. The maximum absolute atomic E-state index is 10.9. The number of para-hydroxylation sites is 1. The normalized spacial score (nSPS) is 10.3. The lowest BCUT2D eigenvalue weighted by molar-refractivity contribution is -0.385. The molecule has 0 amide bonds. The van der Waals surface area contributed by atoms with Crippen LogP contribution in [0.4, 0.5) is 11.4 Å². The number of anilines is 1. The van der Waals surface area contributed by atoms with E-state index in [2.05, 4.69) is 21.2 Å². The third-order valence-corrected chi connectivity index (χ3v) is 4.05. The lowest BCUT2D eigenvalue weighted by atomic mass is 10.1. The van der Waals surface area contributed by atoms with Crippen molar-refractivity contribution in [3.05, 3.63) is 67.6 Å². The molecule has 0 spiro atoms. The van der Waals surface area contributed by atoms with Crippen LogP contribution in [0.2, 0.25) is 5.02 Å². The van der Waals surface area contributed by atoms with E-state index in [0.717, 1.165) is 15.7 Å². The Morgan fingerprint density at radius 2 is 2.00 bits per heavy atom. The van der Waals surface area contributed by atoms with Crippen molar-refractivity contribution in [2.45, 2.75) is 6.42 Å². The van der Waals surface area contributed by atoms with Crippen molar-refractivity contribution in [2.24, 2.45) is 0 Å². The minimum absolute atomic E-state index is 0.159. The molecule has 0 heterocycles. The van der Waals surface area contributed by atoms with Gasteiger partial charge in [-0.25, -0.2) is 0 Å². The van der Waals surface area contributed by atoms with Gasteiger partial charge in [0, 0.05) is 28.3 Å². The van der Waals surface area contributed by atoms with Crippen LogP contribution < -0.4 is 5.32 Å². The molecule has 0 saturated carbocycles. The highest BCUT2D eigenvalue weighted by Gasteiger charge is 2.11. The van der Waals surface area contributed by atoms with Crippen LogP contribution in [0.5, 0.6) is 0 Å². The van der Waals surface area contributed by atoms with Gasteiger partial charge in [-0.15, -0.1) is 0 Å². The van der Waals surface area contributed by atoms with Gasteiger partial charge < -0.3 is 5.32 Å². The molecule has 2 aromatic carbocycles. The summed E-state index contributed by atoms with van der Waals surface area (Å²) in [6, 6.07) is 12.3. The van der Waals surface area contributed by atoms with Crippen LogP contribution in [0.15, 0.2) is 46.9 Å². The molecule has 0 aliphatic heterocycles. The SMILES string of the molecule is O=[N+]([O-])c1ccccc1CCNc1ccc(Cl)c(Br)c1. The Hall–Kier alpha value is -1.59. The van der Waals surface area contributed by atoms with E-state index in [4.69, 9.17) is 11.6 Å². The fraction of sp³-hybridized carbons (Fsp3) is 0.143. The van der Waals surface area contributed by atoms with Crippen LogP contribution in [-0.2, 0) is 6.42 Å². The molecule has 0 aromatic heterocycles. The highest BCUT2D eigenvalue weighted by molar-refractivity contribution is 9.10. The first-order chi connectivity index (χ1) is 9.58. The second-order valence-electron chi connectivity index (χ2n) is 4.19. The van der Waals surface area contributed by atoms with Crippen LogP contribution in [0, 0.1) is 10.1 Å². The first-order valence-electron chi connectivity index (χ1n) is 5.99. The zero-order chi connectivity index (χ0) is 14.5. The maximum Gasteiger partial charge on any atom is 0.272 e. The monoisotopic (exact) mass is 354 g/mol. The molecule has 0 aliphatic carbocycles. The average molecular weight is 356 g/mol. The summed E-state index contributed by atoms with van der Waals surface area (Å²) in [6.45, 7) is 0.610. The van der Waals surface area contributed by atoms with E-state index >= 15 is 0 Å². The molecule has 0 fully saturated rings. The average Bonchev–Trinajstić information content (AvgIpc) is 2.43. The fourth-order valence-corrected chi connectivity index (χ4v) is 2.34. The molecule has 0 unspecified atom stereocenters. The molecular formula is C14H12BrClN2O2. The third kappa shape index (κ3) is 3.71. The maximum atomic E-state index is 10.9. The predicted molar refractivity (Wildman–Crippen MR) is 84.4 cm³/mol. The summed E-state index contributed by atoms with van der Waals surface area (Å²) in [4.78, 5) is 10.5. The quantitative estimate of drug-likeness (QED) is 0.626. The van der Waals surface area contributed by atoms with Gasteiger partial charge in [-0.05, 0) is 40.5 Å². The first kappa shape index (κ1) is 14.8. The van der Waals surface area contributed by atoms with Gasteiger partial charge in [0.2, 0.25) is 0 Å². The van der Waals surface area contributed by atoms with E-state index in [9.17, 15) is 10.1 Å². The number of benzene rings is 2. The van der Waals surface area contributed by atoms with Gasteiger partial charge in [0.25, 0.3) is 5.69 Å². The van der Waals surface area contributed by atoms with Gasteiger partial charge in [-0.2, -0.15) is 0 Å². The van der Waals surface area contributed by atoms with Crippen molar-refractivity contribution in [3.63, 3.8) is 0 Å².